The van der Waals surface area contributed by atoms with E-state index in [1.54, 1.807) is 0 Å². The van der Waals surface area contributed by atoms with E-state index in [0.717, 1.165) is 25.0 Å². The summed E-state index contributed by atoms with van der Waals surface area (Å²) in [4.78, 5) is 11.0. The van der Waals surface area contributed by atoms with Gasteiger partial charge in [-0.2, -0.15) is 13.2 Å². The molecule has 1 aromatic carbocycles. The molecule has 2 N–H and O–H groups in total. The lowest BCUT2D eigenvalue weighted by Crippen LogP contribution is -2.20. The Labute approximate surface area is 121 Å². The molecule has 116 valence electrons. The zero-order valence-electron chi connectivity index (χ0n) is 11.7. The van der Waals surface area contributed by atoms with Crippen molar-refractivity contribution >= 4 is 11.7 Å². The second-order valence-corrected chi connectivity index (χ2v) is 5.49. The molecule has 0 radical (unpaired) electrons. The third kappa shape index (κ3) is 4.12. The van der Waals surface area contributed by atoms with Crippen LogP contribution in [0, 0.1) is 5.92 Å². The van der Waals surface area contributed by atoms with Gasteiger partial charge in [-0.15, -0.1) is 0 Å². The lowest BCUT2D eigenvalue weighted by molar-refractivity contribution is -0.138. The monoisotopic (exact) mass is 301 g/mol. The molecule has 1 saturated carbocycles. The number of benzene rings is 1. The van der Waals surface area contributed by atoms with Crippen LogP contribution < -0.4 is 5.32 Å². The van der Waals surface area contributed by atoms with Crippen molar-refractivity contribution in [3.63, 3.8) is 0 Å². The Kier molecular flexibility index (Phi) is 4.44. The number of nitrogens with one attached hydrogen (secondary N) is 1. The molecule has 21 heavy (non-hydrogen) atoms. The molecule has 0 aliphatic heterocycles. The van der Waals surface area contributed by atoms with Gasteiger partial charge in [0.25, 0.3) is 0 Å². The Morgan fingerprint density at radius 1 is 1.43 bits per heavy atom. The van der Waals surface area contributed by atoms with Crippen LogP contribution in [0.4, 0.5) is 18.9 Å². The number of anilines is 1. The maximum atomic E-state index is 12.8. The van der Waals surface area contributed by atoms with Gasteiger partial charge in [-0.05, 0) is 37.0 Å². The minimum Gasteiger partial charge on any atom is -0.478 e. The molecular weight excluding hydrogens is 283 g/mol. The number of rotatable bonds is 6. The summed E-state index contributed by atoms with van der Waals surface area (Å²) in [6.07, 6.45) is -0.443. The van der Waals surface area contributed by atoms with Crippen molar-refractivity contribution in [1.29, 1.82) is 0 Å². The maximum absolute atomic E-state index is 12.8. The van der Waals surface area contributed by atoms with Gasteiger partial charge in [-0.25, -0.2) is 4.79 Å². The van der Waals surface area contributed by atoms with Crippen LogP contribution in [0.15, 0.2) is 18.2 Å². The summed E-state index contributed by atoms with van der Waals surface area (Å²) in [5, 5.41) is 12.1. The van der Waals surface area contributed by atoms with Gasteiger partial charge < -0.3 is 10.4 Å². The molecule has 6 heteroatoms. The number of hydrogen-bond acceptors (Lipinski definition) is 2. The lowest BCUT2D eigenvalue weighted by atomic mass is 10.0. The first-order valence-electron chi connectivity index (χ1n) is 7.02. The minimum atomic E-state index is -4.66. The van der Waals surface area contributed by atoms with Gasteiger partial charge in [0.05, 0.1) is 11.1 Å². The molecule has 1 unspecified atom stereocenters. The first-order chi connectivity index (χ1) is 9.81. The smallest absolute Gasteiger partial charge is 0.417 e. The van der Waals surface area contributed by atoms with E-state index in [0.29, 0.717) is 11.6 Å². The van der Waals surface area contributed by atoms with Crippen molar-refractivity contribution in [1.82, 2.24) is 0 Å². The van der Waals surface area contributed by atoms with Crippen molar-refractivity contribution in [2.45, 2.75) is 44.8 Å². The fourth-order valence-corrected chi connectivity index (χ4v) is 2.38. The van der Waals surface area contributed by atoms with Crippen LogP contribution in [0.25, 0.3) is 0 Å². The zero-order valence-corrected chi connectivity index (χ0v) is 11.7. The van der Waals surface area contributed by atoms with Crippen molar-refractivity contribution < 1.29 is 23.1 Å². The Hall–Kier alpha value is -1.72. The fraction of sp³-hybridized carbons (Fsp3) is 0.533. The average Bonchev–Trinajstić information content (AvgIpc) is 3.20. The van der Waals surface area contributed by atoms with Gasteiger partial charge in [-0.1, -0.05) is 19.8 Å². The number of carboxylic acids is 1. The van der Waals surface area contributed by atoms with Gasteiger partial charge in [0.1, 0.15) is 0 Å². The number of alkyl halides is 3. The van der Waals surface area contributed by atoms with Crippen LogP contribution in [-0.4, -0.2) is 17.1 Å². The SMILES string of the molecule is CCC(CC1CC1)Nc1ccc(C(F)(F)F)c(C(=O)O)c1. The lowest BCUT2D eigenvalue weighted by Gasteiger charge is -2.19. The first kappa shape index (κ1) is 15.7. The highest BCUT2D eigenvalue weighted by Gasteiger charge is 2.35. The van der Waals surface area contributed by atoms with E-state index in [2.05, 4.69) is 5.32 Å². The van der Waals surface area contributed by atoms with Crippen LogP contribution >= 0.6 is 0 Å². The van der Waals surface area contributed by atoms with E-state index in [4.69, 9.17) is 5.11 Å². The van der Waals surface area contributed by atoms with E-state index in [1.807, 2.05) is 6.92 Å². The van der Waals surface area contributed by atoms with Crippen LogP contribution in [0.1, 0.15) is 48.5 Å². The van der Waals surface area contributed by atoms with Gasteiger partial charge in [-0.3, -0.25) is 0 Å². The molecule has 1 aliphatic carbocycles. The molecule has 0 saturated heterocycles. The highest BCUT2D eigenvalue weighted by molar-refractivity contribution is 5.91. The predicted molar refractivity (Wildman–Crippen MR) is 73.4 cm³/mol. The third-order valence-electron chi connectivity index (χ3n) is 3.73. The summed E-state index contributed by atoms with van der Waals surface area (Å²) in [6, 6.07) is 3.36. The molecule has 1 fully saturated rings. The third-order valence-corrected chi connectivity index (χ3v) is 3.73. The van der Waals surface area contributed by atoms with Crippen LogP contribution in [-0.2, 0) is 6.18 Å². The largest absolute Gasteiger partial charge is 0.478 e. The maximum Gasteiger partial charge on any atom is 0.417 e. The standard InChI is InChI=1S/C15H18F3NO2/c1-2-10(7-9-3-4-9)19-11-5-6-13(15(16,17)18)12(8-11)14(20)21/h5-6,8-10,19H,2-4,7H2,1H3,(H,20,21). The molecular formula is C15H18F3NO2. The molecule has 0 aromatic heterocycles. The zero-order chi connectivity index (χ0) is 15.6. The minimum absolute atomic E-state index is 0.163. The molecule has 1 aliphatic rings. The molecule has 0 bridgehead atoms. The molecule has 1 atom stereocenters. The van der Waals surface area contributed by atoms with Crippen molar-refractivity contribution in [2.75, 3.05) is 5.32 Å². The summed E-state index contributed by atoms with van der Waals surface area (Å²) in [5.74, 6) is -0.878. The highest BCUT2D eigenvalue weighted by Crippen LogP contribution is 2.36. The number of hydrogen-bond donors (Lipinski definition) is 2. The second kappa shape index (κ2) is 5.95. The quantitative estimate of drug-likeness (QED) is 0.819. The topological polar surface area (TPSA) is 49.3 Å². The van der Waals surface area contributed by atoms with Gasteiger partial charge >= 0.3 is 12.1 Å². The molecule has 0 amide bonds. The Balaban J connectivity index is 2.20. The molecule has 1 aromatic rings. The molecule has 0 spiro atoms. The van der Waals surface area contributed by atoms with Crippen molar-refractivity contribution in [3.8, 4) is 0 Å². The highest BCUT2D eigenvalue weighted by atomic mass is 19.4. The summed E-state index contributed by atoms with van der Waals surface area (Å²) >= 11 is 0. The van der Waals surface area contributed by atoms with Crippen LogP contribution in [0.3, 0.4) is 0 Å². The van der Waals surface area contributed by atoms with E-state index in [-0.39, 0.29) is 6.04 Å². The number of carbonyl (C=O) groups is 1. The van der Waals surface area contributed by atoms with Gasteiger partial charge in [0.15, 0.2) is 0 Å². The summed E-state index contributed by atoms with van der Waals surface area (Å²) in [5.41, 5.74) is -1.41. The van der Waals surface area contributed by atoms with E-state index in [1.165, 1.54) is 18.9 Å². The summed E-state index contributed by atoms with van der Waals surface area (Å²) in [6.45, 7) is 2.00. The molecule has 3 nitrogen and oxygen atoms in total. The Morgan fingerprint density at radius 2 is 2.10 bits per heavy atom. The molecule has 0 heterocycles. The summed E-state index contributed by atoms with van der Waals surface area (Å²) in [7, 11) is 0. The summed E-state index contributed by atoms with van der Waals surface area (Å²) < 4.78 is 38.3. The average molecular weight is 301 g/mol. The van der Waals surface area contributed by atoms with Crippen LogP contribution in [0.5, 0.6) is 0 Å². The second-order valence-electron chi connectivity index (χ2n) is 5.49. The van der Waals surface area contributed by atoms with Crippen molar-refractivity contribution in [2.24, 2.45) is 5.92 Å². The Bertz CT molecular complexity index is 524. The first-order valence-corrected chi connectivity index (χ1v) is 7.02. The molecule has 2 rings (SSSR count). The van der Waals surface area contributed by atoms with Crippen molar-refractivity contribution in [3.05, 3.63) is 29.3 Å². The normalized spacial score (nSPS) is 16.6. The van der Waals surface area contributed by atoms with Gasteiger partial charge in [0.2, 0.25) is 0 Å². The van der Waals surface area contributed by atoms with Crippen LogP contribution in [0.2, 0.25) is 0 Å². The fourth-order valence-electron chi connectivity index (χ4n) is 2.38. The number of carboxylic acid groups (broad SMARTS) is 1. The Morgan fingerprint density at radius 3 is 2.57 bits per heavy atom. The predicted octanol–water partition coefficient (Wildman–Crippen LogP) is 4.39. The van der Waals surface area contributed by atoms with E-state index >= 15 is 0 Å². The van der Waals surface area contributed by atoms with E-state index in [9.17, 15) is 18.0 Å². The number of halogens is 3. The number of aromatic carboxylic acids is 1. The van der Waals surface area contributed by atoms with Gasteiger partial charge in [0, 0.05) is 11.7 Å². The van der Waals surface area contributed by atoms with E-state index < -0.39 is 23.3 Å².